The SMILES string of the molecule is Cc1cccc(C2Cc3cc(C(C)(C)C)ccc3N2)c1. The Morgan fingerprint density at radius 1 is 1.05 bits per heavy atom. The van der Waals surface area contributed by atoms with Gasteiger partial charge in [-0.05, 0) is 41.5 Å². The molecule has 1 nitrogen and oxygen atoms in total. The van der Waals surface area contributed by atoms with E-state index in [9.17, 15) is 0 Å². The average Bonchev–Trinajstić information content (AvgIpc) is 2.80. The van der Waals surface area contributed by atoms with Crippen molar-refractivity contribution in [3.8, 4) is 0 Å². The summed E-state index contributed by atoms with van der Waals surface area (Å²) in [7, 11) is 0. The number of hydrogen-bond donors (Lipinski definition) is 1. The Kier molecular flexibility index (Phi) is 3.08. The van der Waals surface area contributed by atoms with Crippen LogP contribution in [0.2, 0.25) is 0 Å². The molecule has 2 aromatic carbocycles. The summed E-state index contributed by atoms with van der Waals surface area (Å²) in [5.41, 5.74) is 7.10. The highest BCUT2D eigenvalue weighted by atomic mass is 14.9. The van der Waals surface area contributed by atoms with E-state index >= 15 is 0 Å². The predicted molar refractivity (Wildman–Crippen MR) is 86.4 cm³/mol. The maximum Gasteiger partial charge on any atom is 0.0555 e. The first-order chi connectivity index (χ1) is 9.43. The van der Waals surface area contributed by atoms with Gasteiger partial charge in [-0.3, -0.25) is 0 Å². The summed E-state index contributed by atoms with van der Waals surface area (Å²) in [6.45, 7) is 8.97. The van der Waals surface area contributed by atoms with Crippen LogP contribution in [0.3, 0.4) is 0 Å². The van der Waals surface area contributed by atoms with Gasteiger partial charge in [-0.2, -0.15) is 0 Å². The smallest absolute Gasteiger partial charge is 0.0555 e. The second kappa shape index (κ2) is 4.66. The van der Waals surface area contributed by atoms with Crippen molar-refractivity contribution < 1.29 is 0 Å². The lowest BCUT2D eigenvalue weighted by molar-refractivity contribution is 0.589. The zero-order valence-electron chi connectivity index (χ0n) is 12.8. The number of benzene rings is 2. The molecule has 0 aliphatic carbocycles. The van der Waals surface area contributed by atoms with Gasteiger partial charge in [0.25, 0.3) is 0 Å². The zero-order chi connectivity index (χ0) is 14.3. The number of nitrogens with one attached hydrogen (secondary N) is 1. The van der Waals surface area contributed by atoms with Gasteiger partial charge in [-0.1, -0.05) is 62.7 Å². The van der Waals surface area contributed by atoms with E-state index in [0.29, 0.717) is 6.04 Å². The van der Waals surface area contributed by atoms with Crippen LogP contribution in [0, 0.1) is 6.92 Å². The maximum atomic E-state index is 3.66. The van der Waals surface area contributed by atoms with Gasteiger partial charge >= 0.3 is 0 Å². The fourth-order valence-corrected chi connectivity index (χ4v) is 2.92. The van der Waals surface area contributed by atoms with Crippen molar-refractivity contribution in [1.82, 2.24) is 0 Å². The van der Waals surface area contributed by atoms with Gasteiger partial charge in [0.2, 0.25) is 0 Å². The highest BCUT2D eigenvalue weighted by Crippen LogP contribution is 2.36. The van der Waals surface area contributed by atoms with Crippen LogP contribution in [0.15, 0.2) is 42.5 Å². The lowest BCUT2D eigenvalue weighted by Gasteiger charge is -2.19. The molecule has 0 aromatic heterocycles. The van der Waals surface area contributed by atoms with Crippen molar-refractivity contribution in [1.29, 1.82) is 0 Å². The van der Waals surface area contributed by atoms with Gasteiger partial charge < -0.3 is 5.32 Å². The Balaban J connectivity index is 1.89. The lowest BCUT2D eigenvalue weighted by Crippen LogP contribution is -2.10. The molecular formula is C19H23N. The first-order valence-corrected chi connectivity index (χ1v) is 7.40. The minimum Gasteiger partial charge on any atom is -0.378 e. The summed E-state index contributed by atoms with van der Waals surface area (Å²) in [4.78, 5) is 0. The Hall–Kier alpha value is -1.76. The largest absolute Gasteiger partial charge is 0.378 e. The van der Waals surface area contributed by atoms with E-state index in [4.69, 9.17) is 0 Å². The first kappa shape index (κ1) is 13.2. The average molecular weight is 265 g/mol. The van der Waals surface area contributed by atoms with Gasteiger partial charge in [-0.25, -0.2) is 0 Å². The molecule has 1 heteroatoms. The third-order valence-corrected chi connectivity index (χ3v) is 4.17. The molecule has 0 radical (unpaired) electrons. The molecular weight excluding hydrogens is 242 g/mol. The maximum absolute atomic E-state index is 3.66. The third-order valence-electron chi connectivity index (χ3n) is 4.17. The van der Waals surface area contributed by atoms with Crippen molar-refractivity contribution >= 4 is 5.69 Å². The molecule has 0 amide bonds. The van der Waals surface area contributed by atoms with E-state index in [1.54, 1.807) is 0 Å². The summed E-state index contributed by atoms with van der Waals surface area (Å²) < 4.78 is 0. The molecule has 0 fully saturated rings. The molecule has 2 aromatic rings. The zero-order valence-corrected chi connectivity index (χ0v) is 12.8. The molecule has 1 aliphatic heterocycles. The first-order valence-electron chi connectivity index (χ1n) is 7.40. The van der Waals surface area contributed by atoms with Crippen molar-refractivity contribution in [2.24, 2.45) is 0 Å². The highest BCUT2D eigenvalue weighted by Gasteiger charge is 2.24. The van der Waals surface area contributed by atoms with Crippen LogP contribution >= 0.6 is 0 Å². The molecule has 104 valence electrons. The molecule has 0 saturated heterocycles. The number of rotatable bonds is 1. The van der Waals surface area contributed by atoms with E-state index in [1.165, 1.54) is 27.9 Å². The summed E-state index contributed by atoms with van der Waals surface area (Å²) >= 11 is 0. The van der Waals surface area contributed by atoms with Crippen LogP contribution in [-0.4, -0.2) is 0 Å². The molecule has 1 N–H and O–H groups in total. The molecule has 1 unspecified atom stereocenters. The van der Waals surface area contributed by atoms with Crippen LogP contribution in [0.25, 0.3) is 0 Å². The molecule has 1 atom stereocenters. The number of aryl methyl sites for hydroxylation is 1. The summed E-state index contributed by atoms with van der Waals surface area (Å²) in [6, 6.07) is 16.1. The quantitative estimate of drug-likeness (QED) is 0.765. The van der Waals surface area contributed by atoms with E-state index < -0.39 is 0 Å². The van der Waals surface area contributed by atoms with Crippen molar-refractivity contribution in [3.63, 3.8) is 0 Å². The molecule has 3 rings (SSSR count). The normalized spacial score (nSPS) is 17.7. The highest BCUT2D eigenvalue weighted by molar-refractivity contribution is 5.60. The lowest BCUT2D eigenvalue weighted by atomic mass is 9.85. The van der Waals surface area contributed by atoms with Crippen LogP contribution in [0.5, 0.6) is 0 Å². The Morgan fingerprint density at radius 2 is 1.85 bits per heavy atom. The van der Waals surface area contributed by atoms with Gasteiger partial charge in [0.1, 0.15) is 0 Å². The standard InChI is InChI=1S/C19H23N/c1-13-6-5-7-14(10-13)18-12-15-11-16(19(2,3)4)8-9-17(15)20-18/h5-11,18,20H,12H2,1-4H3. The van der Waals surface area contributed by atoms with E-state index in [0.717, 1.165) is 6.42 Å². The Morgan fingerprint density at radius 3 is 2.55 bits per heavy atom. The third kappa shape index (κ3) is 2.45. The summed E-state index contributed by atoms with van der Waals surface area (Å²) in [6.07, 6.45) is 1.09. The molecule has 0 saturated carbocycles. The van der Waals surface area contributed by atoms with E-state index in [-0.39, 0.29) is 5.41 Å². The van der Waals surface area contributed by atoms with Gasteiger partial charge in [0, 0.05) is 5.69 Å². The summed E-state index contributed by atoms with van der Waals surface area (Å²) in [5, 5.41) is 3.66. The van der Waals surface area contributed by atoms with Gasteiger partial charge in [-0.15, -0.1) is 0 Å². The predicted octanol–water partition coefficient (Wildman–Crippen LogP) is 5.00. The van der Waals surface area contributed by atoms with E-state index in [1.807, 2.05) is 0 Å². The number of fused-ring (bicyclic) bond motifs is 1. The number of anilines is 1. The molecule has 0 spiro atoms. The van der Waals surface area contributed by atoms with Crippen LogP contribution in [0.4, 0.5) is 5.69 Å². The Labute approximate surface area is 122 Å². The molecule has 20 heavy (non-hydrogen) atoms. The monoisotopic (exact) mass is 265 g/mol. The van der Waals surface area contributed by atoms with Gasteiger partial charge in [0.05, 0.1) is 6.04 Å². The van der Waals surface area contributed by atoms with Crippen LogP contribution in [0.1, 0.15) is 49.1 Å². The fourth-order valence-electron chi connectivity index (χ4n) is 2.92. The van der Waals surface area contributed by atoms with Crippen molar-refractivity contribution in [3.05, 3.63) is 64.7 Å². The van der Waals surface area contributed by atoms with E-state index in [2.05, 4.69) is 75.5 Å². The molecule has 1 aliphatic rings. The van der Waals surface area contributed by atoms with Crippen molar-refractivity contribution in [2.75, 3.05) is 5.32 Å². The van der Waals surface area contributed by atoms with Crippen LogP contribution in [-0.2, 0) is 11.8 Å². The number of hydrogen-bond acceptors (Lipinski definition) is 1. The minimum absolute atomic E-state index is 0.219. The molecule has 1 heterocycles. The second-order valence-electron chi connectivity index (χ2n) is 6.94. The second-order valence-corrected chi connectivity index (χ2v) is 6.94. The molecule has 0 bridgehead atoms. The van der Waals surface area contributed by atoms with Gasteiger partial charge in [0.15, 0.2) is 0 Å². The fraction of sp³-hybridized carbons (Fsp3) is 0.368. The minimum atomic E-state index is 0.219. The summed E-state index contributed by atoms with van der Waals surface area (Å²) in [5.74, 6) is 0. The Bertz CT molecular complexity index is 634. The van der Waals surface area contributed by atoms with Crippen molar-refractivity contribution in [2.45, 2.75) is 45.6 Å². The van der Waals surface area contributed by atoms with Crippen LogP contribution < -0.4 is 5.32 Å². The topological polar surface area (TPSA) is 12.0 Å².